The molecule has 8 heteroatoms. The maximum atomic E-state index is 13.1. The summed E-state index contributed by atoms with van der Waals surface area (Å²) in [6.07, 6.45) is 2.27. The highest BCUT2D eigenvalue weighted by atomic mass is 19.1. The number of benzene rings is 1. The molecule has 1 aliphatic rings. The van der Waals surface area contributed by atoms with E-state index >= 15 is 0 Å². The zero-order valence-corrected chi connectivity index (χ0v) is 17.7. The normalized spacial score (nSPS) is 14.7. The van der Waals surface area contributed by atoms with E-state index in [1.54, 1.807) is 6.07 Å². The Morgan fingerprint density at radius 3 is 2.50 bits per heavy atom. The van der Waals surface area contributed by atoms with Crippen LogP contribution >= 0.6 is 0 Å². The number of hydrogen-bond acceptors (Lipinski definition) is 4. The fraction of sp³-hybridized carbons (Fsp3) is 0.455. The first kappa shape index (κ1) is 21.7. The van der Waals surface area contributed by atoms with Gasteiger partial charge in [-0.25, -0.2) is 4.39 Å². The summed E-state index contributed by atoms with van der Waals surface area (Å²) in [6, 6.07) is 8.42. The van der Waals surface area contributed by atoms with Gasteiger partial charge in [0.25, 0.3) is 5.91 Å². The fourth-order valence-corrected chi connectivity index (χ4v) is 3.41. The largest absolute Gasteiger partial charge is 0.459 e. The van der Waals surface area contributed by atoms with Crippen LogP contribution in [-0.4, -0.2) is 62.6 Å². The molecule has 0 unspecified atom stereocenters. The van der Waals surface area contributed by atoms with Gasteiger partial charge in [-0.15, -0.1) is 0 Å². The average molecular weight is 416 g/mol. The number of hydrogen-bond donors (Lipinski definition) is 2. The Morgan fingerprint density at radius 1 is 1.13 bits per heavy atom. The van der Waals surface area contributed by atoms with E-state index in [1.165, 1.54) is 18.4 Å². The van der Waals surface area contributed by atoms with Crippen molar-refractivity contribution in [2.24, 2.45) is 4.99 Å². The fourth-order valence-electron chi connectivity index (χ4n) is 3.41. The molecule has 0 spiro atoms. The molecule has 1 fully saturated rings. The molecular formula is C22H30FN5O2. The van der Waals surface area contributed by atoms with E-state index in [4.69, 9.17) is 9.41 Å². The van der Waals surface area contributed by atoms with Crippen molar-refractivity contribution in [2.75, 3.05) is 50.7 Å². The summed E-state index contributed by atoms with van der Waals surface area (Å²) in [5.74, 6) is 0.857. The summed E-state index contributed by atoms with van der Waals surface area (Å²) in [5, 5.41) is 6.22. The molecule has 0 atom stereocenters. The third kappa shape index (κ3) is 5.75. The number of halogens is 1. The van der Waals surface area contributed by atoms with E-state index in [0.717, 1.165) is 56.4 Å². The van der Waals surface area contributed by atoms with Gasteiger partial charge in [-0.1, -0.05) is 0 Å². The molecular weight excluding hydrogens is 385 g/mol. The van der Waals surface area contributed by atoms with Crippen LogP contribution in [0.25, 0.3) is 0 Å². The second kappa shape index (κ2) is 10.7. The molecule has 2 aromatic rings. The van der Waals surface area contributed by atoms with Crippen molar-refractivity contribution in [1.82, 2.24) is 15.5 Å². The number of furan rings is 1. The number of nitrogens with zero attached hydrogens (tertiary/aromatic N) is 3. The van der Waals surface area contributed by atoms with E-state index in [9.17, 15) is 9.18 Å². The Labute approximate surface area is 176 Å². The average Bonchev–Trinajstić information content (AvgIpc) is 3.19. The van der Waals surface area contributed by atoms with Crippen molar-refractivity contribution in [3.8, 4) is 0 Å². The topological polar surface area (TPSA) is 73.1 Å². The third-order valence-electron chi connectivity index (χ3n) is 5.06. The highest BCUT2D eigenvalue weighted by molar-refractivity contribution is 5.92. The van der Waals surface area contributed by atoms with E-state index in [0.29, 0.717) is 18.8 Å². The number of piperazine rings is 1. The lowest BCUT2D eigenvalue weighted by Crippen LogP contribution is -2.52. The summed E-state index contributed by atoms with van der Waals surface area (Å²) in [5.41, 5.74) is 1.88. The molecule has 2 N–H and O–H groups in total. The van der Waals surface area contributed by atoms with Gasteiger partial charge in [-0.05, 0) is 50.6 Å². The Kier molecular flexibility index (Phi) is 7.70. The van der Waals surface area contributed by atoms with Crippen molar-refractivity contribution >= 4 is 17.6 Å². The molecule has 2 heterocycles. The van der Waals surface area contributed by atoms with Crippen molar-refractivity contribution in [2.45, 2.75) is 20.3 Å². The standard InChI is InChI=1S/C22H30FN5O2/c1-3-24-22(26-11-4-10-25-21(29)20-17(2)9-16-30-20)28-14-12-27(13-15-28)19-7-5-18(23)6-8-19/h5-9,16H,3-4,10-15H2,1-2H3,(H,24,26)(H,25,29). The summed E-state index contributed by atoms with van der Waals surface area (Å²) < 4.78 is 18.3. The van der Waals surface area contributed by atoms with Gasteiger partial charge in [-0.3, -0.25) is 9.79 Å². The van der Waals surface area contributed by atoms with E-state index < -0.39 is 0 Å². The number of carbonyl (C=O) groups excluding carboxylic acids is 1. The van der Waals surface area contributed by atoms with E-state index in [2.05, 4.69) is 27.4 Å². The lowest BCUT2D eigenvalue weighted by molar-refractivity contribution is 0.0925. The second-order valence-electron chi connectivity index (χ2n) is 7.23. The smallest absolute Gasteiger partial charge is 0.287 e. The first-order chi connectivity index (χ1) is 14.6. The van der Waals surface area contributed by atoms with Crippen LogP contribution < -0.4 is 15.5 Å². The first-order valence-corrected chi connectivity index (χ1v) is 10.4. The summed E-state index contributed by atoms with van der Waals surface area (Å²) >= 11 is 0. The lowest BCUT2D eigenvalue weighted by atomic mass is 10.2. The number of amides is 1. The van der Waals surface area contributed by atoms with Gasteiger partial charge < -0.3 is 24.9 Å². The van der Waals surface area contributed by atoms with Crippen LogP contribution in [0.5, 0.6) is 0 Å². The molecule has 1 aromatic carbocycles. The number of guanidine groups is 1. The second-order valence-corrected chi connectivity index (χ2v) is 7.23. The zero-order chi connectivity index (χ0) is 21.3. The maximum Gasteiger partial charge on any atom is 0.287 e. The van der Waals surface area contributed by atoms with Gasteiger partial charge in [0, 0.05) is 57.1 Å². The predicted octanol–water partition coefficient (Wildman–Crippen LogP) is 2.63. The molecule has 1 amide bonds. The Bertz CT molecular complexity index is 841. The third-order valence-corrected chi connectivity index (χ3v) is 5.06. The van der Waals surface area contributed by atoms with Crippen LogP contribution in [0.4, 0.5) is 10.1 Å². The minimum Gasteiger partial charge on any atom is -0.459 e. The number of anilines is 1. The van der Waals surface area contributed by atoms with Gasteiger partial charge in [-0.2, -0.15) is 0 Å². The van der Waals surface area contributed by atoms with Crippen LogP contribution in [0, 0.1) is 12.7 Å². The molecule has 1 aliphatic heterocycles. The van der Waals surface area contributed by atoms with Crippen molar-refractivity contribution < 1.29 is 13.6 Å². The van der Waals surface area contributed by atoms with Crippen LogP contribution in [0.1, 0.15) is 29.5 Å². The number of nitrogens with one attached hydrogen (secondary N) is 2. The highest BCUT2D eigenvalue weighted by Gasteiger charge is 2.20. The summed E-state index contributed by atoms with van der Waals surface area (Å²) in [4.78, 5) is 21.3. The Morgan fingerprint density at radius 2 is 1.87 bits per heavy atom. The monoisotopic (exact) mass is 415 g/mol. The molecule has 30 heavy (non-hydrogen) atoms. The molecule has 0 radical (unpaired) electrons. The number of aryl methyl sites for hydroxylation is 1. The molecule has 3 rings (SSSR count). The molecule has 0 aliphatic carbocycles. The first-order valence-electron chi connectivity index (χ1n) is 10.4. The zero-order valence-electron chi connectivity index (χ0n) is 17.7. The molecule has 1 aromatic heterocycles. The quantitative estimate of drug-likeness (QED) is 0.413. The summed E-state index contributed by atoms with van der Waals surface area (Å²) in [6.45, 7) is 9.26. The van der Waals surface area contributed by atoms with Gasteiger partial charge in [0.15, 0.2) is 11.7 Å². The number of rotatable bonds is 7. The van der Waals surface area contributed by atoms with Crippen molar-refractivity contribution in [3.63, 3.8) is 0 Å². The van der Waals surface area contributed by atoms with Crippen LogP contribution in [0.15, 0.2) is 46.0 Å². The predicted molar refractivity (Wildman–Crippen MR) is 117 cm³/mol. The van der Waals surface area contributed by atoms with Gasteiger partial charge in [0.05, 0.1) is 6.26 Å². The molecule has 0 saturated carbocycles. The van der Waals surface area contributed by atoms with Crippen LogP contribution in [0.3, 0.4) is 0 Å². The van der Waals surface area contributed by atoms with E-state index in [-0.39, 0.29) is 11.7 Å². The Hall–Kier alpha value is -3.03. The molecule has 7 nitrogen and oxygen atoms in total. The lowest BCUT2D eigenvalue weighted by Gasteiger charge is -2.37. The molecule has 162 valence electrons. The number of carbonyl (C=O) groups is 1. The van der Waals surface area contributed by atoms with Gasteiger partial charge >= 0.3 is 0 Å². The van der Waals surface area contributed by atoms with Crippen molar-refractivity contribution in [3.05, 3.63) is 53.7 Å². The maximum absolute atomic E-state index is 13.1. The Balaban J connectivity index is 1.44. The molecule has 1 saturated heterocycles. The minimum atomic E-state index is -0.213. The van der Waals surface area contributed by atoms with Crippen molar-refractivity contribution in [1.29, 1.82) is 0 Å². The van der Waals surface area contributed by atoms with Gasteiger partial charge in [0.2, 0.25) is 0 Å². The summed E-state index contributed by atoms with van der Waals surface area (Å²) in [7, 11) is 0. The highest BCUT2D eigenvalue weighted by Crippen LogP contribution is 2.17. The number of aliphatic imine (C=N–C) groups is 1. The van der Waals surface area contributed by atoms with Crippen LogP contribution in [0.2, 0.25) is 0 Å². The minimum absolute atomic E-state index is 0.190. The van der Waals surface area contributed by atoms with Crippen LogP contribution in [-0.2, 0) is 0 Å². The SMILES string of the molecule is CCNC(=NCCCNC(=O)c1occc1C)N1CCN(c2ccc(F)cc2)CC1. The van der Waals surface area contributed by atoms with E-state index in [1.807, 2.05) is 19.1 Å². The molecule has 0 bridgehead atoms. The van der Waals surface area contributed by atoms with Gasteiger partial charge in [0.1, 0.15) is 5.82 Å².